The fraction of sp³-hybridized carbons (Fsp3) is 0.625. The highest BCUT2D eigenvalue weighted by atomic mass is 79.9. The minimum atomic E-state index is 0.212. The van der Waals surface area contributed by atoms with Crippen LogP contribution in [0.25, 0.3) is 0 Å². The van der Waals surface area contributed by atoms with Gasteiger partial charge in [-0.2, -0.15) is 0 Å². The molecule has 0 aliphatic heterocycles. The van der Waals surface area contributed by atoms with Crippen LogP contribution in [0.3, 0.4) is 0 Å². The highest BCUT2D eigenvalue weighted by molar-refractivity contribution is 9.10. The van der Waals surface area contributed by atoms with Crippen LogP contribution >= 0.6 is 15.9 Å². The summed E-state index contributed by atoms with van der Waals surface area (Å²) in [6.07, 6.45) is 1.17. The summed E-state index contributed by atoms with van der Waals surface area (Å²) in [5.41, 5.74) is 1.57. The predicted octanol–water partition coefficient (Wildman–Crippen LogP) is 4.05. The molecule has 0 saturated carbocycles. The molecule has 1 aromatic carbocycles. The molecule has 0 saturated heterocycles. The molecule has 3 heteroatoms. The molecule has 108 valence electrons. The highest BCUT2D eigenvalue weighted by Crippen LogP contribution is 2.13. The lowest BCUT2D eigenvalue weighted by Gasteiger charge is -2.27. The maximum atomic E-state index is 3.55. The Kier molecular flexibility index (Phi) is 6.51. The zero-order chi connectivity index (χ0) is 14.5. The molecule has 1 rings (SSSR count). The van der Waals surface area contributed by atoms with Gasteiger partial charge in [0.2, 0.25) is 0 Å². The van der Waals surface area contributed by atoms with Gasteiger partial charge in [-0.3, -0.25) is 4.90 Å². The van der Waals surface area contributed by atoms with E-state index in [4.69, 9.17) is 0 Å². The molecule has 19 heavy (non-hydrogen) atoms. The van der Waals surface area contributed by atoms with Crippen LogP contribution in [-0.4, -0.2) is 30.1 Å². The summed E-state index contributed by atoms with van der Waals surface area (Å²) >= 11 is 3.47. The van der Waals surface area contributed by atoms with Crippen LogP contribution in [0.2, 0.25) is 0 Å². The number of nitrogens with one attached hydrogen (secondary N) is 1. The fourth-order valence-electron chi connectivity index (χ4n) is 1.91. The third-order valence-electron chi connectivity index (χ3n) is 3.32. The van der Waals surface area contributed by atoms with E-state index in [1.807, 2.05) is 0 Å². The topological polar surface area (TPSA) is 15.3 Å². The maximum Gasteiger partial charge on any atom is 0.0233 e. The Labute approximate surface area is 126 Å². The van der Waals surface area contributed by atoms with Crippen molar-refractivity contribution < 1.29 is 0 Å². The molecule has 0 aliphatic carbocycles. The van der Waals surface area contributed by atoms with Crippen LogP contribution in [0.4, 0.5) is 0 Å². The SMILES string of the molecule is CC(CCNC(C)(C)C)N(C)Cc1ccc(Br)cc1. The zero-order valence-corrected chi connectivity index (χ0v) is 14.4. The van der Waals surface area contributed by atoms with Gasteiger partial charge in [0, 0.05) is 22.6 Å². The molecule has 2 nitrogen and oxygen atoms in total. The van der Waals surface area contributed by atoms with E-state index in [-0.39, 0.29) is 5.54 Å². The van der Waals surface area contributed by atoms with E-state index in [1.165, 1.54) is 12.0 Å². The number of benzene rings is 1. The van der Waals surface area contributed by atoms with Gasteiger partial charge in [-0.05, 0) is 65.4 Å². The summed E-state index contributed by atoms with van der Waals surface area (Å²) in [5.74, 6) is 0. The van der Waals surface area contributed by atoms with Gasteiger partial charge in [-0.25, -0.2) is 0 Å². The first-order valence-electron chi connectivity index (χ1n) is 6.97. The minimum Gasteiger partial charge on any atom is -0.312 e. The first-order chi connectivity index (χ1) is 8.78. The molecule has 0 spiro atoms. The summed E-state index contributed by atoms with van der Waals surface area (Å²) < 4.78 is 1.14. The number of rotatable bonds is 6. The number of halogens is 1. The summed E-state index contributed by atoms with van der Waals surface area (Å²) in [5, 5.41) is 3.55. The molecular weight excluding hydrogens is 300 g/mol. The fourth-order valence-corrected chi connectivity index (χ4v) is 2.17. The zero-order valence-electron chi connectivity index (χ0n) is 12.8. The van der Waals surface area contributed by atoms with E-state index >= 15 is 0 Å². The van der Waals surface area contributed by atoms with Crippen LogP contribution in [0.15, 0.2) is 28.7 Å². The van der Waals surface area contributed by atoms with Crippen molar-refractivity contribution in [3.05, 3.63) is 34.3 Å². The molecule has 0 aliphatic rings. The van der Waals surface area contributed by atoms with E-state index in [2.05, 4.69) is 85.2 Å². The van der Waals surface area contributed by atoms with E-state index in [9.17, 15) is 0 Å². The van der Waals surface area contributed by atoms with E-state index in [0.29, 0.717) is 6.04 Å². The second-order valence-corrected chi connectivity index (χ2v) is 7.27. The normalized spacial score (nSPS) is 13.8. The van der Waals surface area contributed by atoms with E-state index in [0.717, 1.165) is 17.6 Å². The maximum absolute atomic E-state index is 3.55. The molecule has 0 aromatic heterocycles. The number of nitrogens with zero attached hydrogens (tertiary/aromatic N) is 1. The van der Waals surface area contributed by atoms with Crippen LogP contribution in [-0.2, 0) is 6.54 Å². The molecule has 1 N–H and O–H groups in total. The molecule has 0 radical (unpaired) electrons. The van der Waals surface area contributed by atoms with Crippen LogP contribution in [0.1, 0.15) is 39.7 Å². The van der Waals surface area contributed by atoms with Gasteiger partial charge in [0.15, 0.2) is 0 Å². The molecule has 0 bridgehead atoms. The summed E-state index contributed by atoms with van der Waals surface area (Å²) in [7, 11) is 2.20. The van der Waals surface area contributed by atoms with Gasteiger partial charge in [0.05, 0.1) is 0 Å². The van der Waals surface area contributed by atoms with Crippen molar-refractivity contribution in [1.29, 1.82) is 0 Å². The van der Waals surface area contributed by atoms with Crippen molar-refractivity contribution in [2.24, 2.45) is 0 Å². The Hall–Kier alpha value is -0.380. The molecule has 0 amide bonds. The van der Waals surface area contributed by atoms with Gasteiger partial charge in [-0.1, -0.05) is 28.1 Å². The first kappa shape index (κ1) is 16.7. The molecule has 1 atom stereocenters. The predicted molar refractivity (Wildman–Crippen MR) is 87.4 cm³/mol. The average Bonchev–Trinajstić information content (AvgIpc) is 2.30. The molecular formula is C16H27BrN2. The van der Waals surface area contributed by atoms with Crippen molar-refractivity contribution in [3.8, 4) is 0 Å². The van der Waals surface area contributed by atoms with Gasteiger partial charge in [0.1, 0.15) is 0 Å². The smallest absolute Gasteiger partial charge is 0.0233 e. The largest absolute Gasteiger partial charge is 0.312 e. The van der Waals surface area contributed by atoms with E-state index in [1.54, 1.807) is 0 Å². The van der Waals surface area contributed by atoms with Crippen molar-refractivity contribution in [3.63, 3.8) is 0 Å². The summed E-state index contributed by atoms with van der Waals surface area (Å²) in [6.45, 7) is 11.0. The summed E-state index contributed by atoms with van der Waals surface area (Å²) in [6, 6.07) is 9.16. The summed E-state index contributed by atoms with van der Waals surface area (Å²) in [4.78, 5) is 2.41. The molecule has 1 aromatic rings. The third-order valence-corrected chi connectivity index (χ3v) is 3.84. The van der Waals surface area contributed by atoms with Crippen LogP contribution in [0, 0.1) is 0 Å². The average molecular weight is 327 g/mol. The van der Waals surface area contributed by atoms with Gasteiger partial charge >= 0.3 is 0 Å². The Morgan fingerprint density at radius 3 is 2.32 bits per heavy atom. The third kappa shape index (κ3) is 7.09. The van der Waals surface area contributed by atoms with E-state index < -0.39 is 0 Å². The first-order valence-corrected chi connectivity index (χ1v) is 7.77. The Morgan fingerprint density at radius 2 is 1.79 bits per heavy atom. The highest BCUT2D eigenvalue weighted by Gasteiger charge is 2.12. The number of hydrogen-bond acceptors (Lipinski definition) is 2. The minimum absolute atomic E-state index is 0.212. The Morgan fingerprint density at radius 1 is 1.21 bits per heavy atom. The van der Waals surface area contributed by atoms with Crippen LogP contribution < -0.4 is 5.32 Å². The van der Waals surface area contributed by atoms with Gasteiger partial charge in [-0.15, -0.1) is 0 Å². The van der Waals surface area contributed by atoms with Crippen molar-refractivity contribution in [2.45, 2.75) is 52.2 Å². The quantitative estimate of drug-likeness (QED) is 0.848. The monoisotopic (exact) mass is 326 g/mol. The molecule has 1 unspecified atom stereocenters. The second-order valence-electron chi connectivity index (χ2n) is 6.36. The van der Waals surface area contributed by atoms with Gasteiger partial charge < -0.3 is 5.32 Å². The standard InChI is InChI=1S/C16H27BrN2/c1-13(10-11-18-16(2,3)4)19(5)12-14-6-8-15(17)9-7-14/h6-9,13,18H,10-12H2,1-5H3. The Bertz CT molecular complexity index is 367. The number of hydrogen-bond donors (Lipinski definition) is 1. The molecule has 0 heterocycles. The van der Waals surface area contributed by atoms with Crippen molar-refractivity contribution >= 4 is 15.9 Å². The lowest BCUT2D eigenvalue weighted by molar-refractivity contribution is 0.231. The van der Waals surface area contributed by atoms with Gasteiger partial charge in [0.25, 0.3) is 0 Å². The lowest BCUT2D eigenvalue weighted by atomic mass is 10.1. The second kappa shape index (κ2) is 7.41. The lowest BCUT2D eigenvalue weighted by Crippen LogP contribution is -2.39. The van der Waals surface area contributed by atoms with Crippen molar-refractivity contribution in [1.82, 2.24) is 10.2 Å². The van der Waals surface area contributed by atoms with Crippen molar-refractivity contribution in [2.75, 3.05) is 13.6 Å². The molecule has 0 fully saturated rings. The Balaban J connectivity index is 2.36. The van der Waals surface area contributed by atoms with Crippen LogP contribution in [0.5, 0.6) is 0 Å².